The molecular formula is C17H27NO2S. The van der Waals surface area contributed by atoms with Crippen LogP contribution < -0.4 is 0 Å². The van der Waals surface area contributed by atoms with E-state index in [9.17, 15) is 4.79 Å². The van der Waals surface area contributed by atoms with Crippen molar-refractivity contribution in [3.63, 3.8) is 0 Å². The largest absolute Gasteiger partial charge is 0.396 e. The molecular weight excluding hydrogens is 282 g/mol. The molecule has 0 spiro atoms. The van der Waals surface area contributed by atoms with Crippen LogP contribution in [0.4, 0.5) is 0 Å². The van der Waals surface area contributed by atoms with Gasteiger partial charge in [0.2, 0.25) is 5.91 Å². The molecule has 3 nitrogen and oxygen atoms in total. The van der Waals surface area contributed by atoms with Gasteiger partial charge in [0.1, 0.15) is 0 Å². The number of hydrogen-bond donors (Lipinski definition) is 1. The van der Waals surface area contributed by atoms with Crippen molar-refractivity contribution in [3.8, 4) is 0 Å². The zero-order chi connectivity index (χ0) is 15.7. The molecule has 0 saturated carbocycles. The predicted molar refractivity (Wildman–Crippen MR) is 89.8 cm³/mol. The molecule has 0 bridgehead atoms. The number of thioether (sulfide) groups is 1. The Labute approximate surface area is 132 Å². The number of hydrogen-bond acceptors (Lipinski definition) is 3. The first-order valence-electron chi connectivity index (χ1n) is 7.59. The molecule has 4 heteroatoms. The molecule has 1 rings (SSSR count). The third kappa shape index (κ3) is 7.00. The number of carbonyl (C=O) groups is 1. The number of aryl methyl sites for hydroxylation is 2. The maximum Gasteiger partial charge on any atom is 0.223 e. The highest BCUT2D eigenvalue weighted by Crippen LogP contribution is 2.21. The minimum atomic E-state index is 0.204. The van der Waals surface area contributed by atoms with Gasteiger partial charge in [-0.1, -0.05) is 6.07 Å². The third-order valence-electron chi connectivity index (χ3n) is 3.64. The van der Waals surface area contributed by atoms with Crippen molar-refractivity contribution < 1.29 is 9.90 Å². The average molecular weight is 309 g/mol. The number of aliphatic hydroxyl groups excluding tert-OH is 1. The highest BCUT2D eigenvalue weighted by Gasteiger charge is 2.08. The van der Waals surface area contributed by atoms with Gasteiger partial charge in [0.15, 0.2) is 0 Å². The van der Waals surface area contributed by atoms with Gasteiger partial charge in [-0.05, 0) is 56.4 Å². The predicted octanol–water partition coefficient (Wildman–Crippen LogP) is 3.41. The first-order valence-corrected chi connectivity index (χ1v) is 8.58. The number of aliphatic hydroxyl groups is 1. The smallest absolute Gasteiger partial charge is 0.223 e. The lowest BCUT2D eigenvalue weighted by molar-refractivity contribution is -0.129. The van der Waals surface area contributed by atoms with Crippen LogP contribution in [0.3, 0.4) is 0 Å². The van der Waals surface area contributed by atoms with Crippen molar-refractivity contribution in [1.29, 1.82) is 0 Å². The summed E-state index contributed by atoms with van der Waals surface area (Å²) in [4.78, 5) is 15.0. The summed E-state index contributed by atoms with van der Waals surface area (Å²) >= 11 is 1.74. The molecule has 0 atom stereocenters. The Balaban J connectivity index is 2.24. The van der Waals surface area contributed by atoms with Gasteiger partial charge in [-0.3, -0.25) is 4.79 Å². The maximum absolute atomic E-state index is 12.0. The van der Waals surface area contributed by atoms with E-state index in [0.717, 1.165) is 31.6 Å². The van der Waals surface area contributed by atoms with Crippen molar-refractivity contribution in [2.45, 2.75) is 44.4 Å². The van der Waals surface area contributed by atoms with Crippen molar-refractivity contribution >= 4 is 17.7 Å². The molecule has 0 aliphatic carbocycles. The molecule has 0 fully saturated rings. The fourth-order valence-corrected chi connectivity index (χ4v) is 2.95. The van der Waals surface area contributed by atoms with Gasteiger partial charge >= 0.3 is 0 Å². The number of rotatable bonds is 9. The molecule has 1 N–H and O–H groups in total. The lowest BCUT2D eigenvalue weighted by Crippen LogP contribution is -2.27. The molecule has 0 saturated heterocycles. The normalized spacial score (nSPS) is 10.7. The zero-order valence-corrected chi connectivity index (χ0v) is 14.2. The Bertz CT molecular complexity index is 448. The molecule has 1 amide bonds. The van der Waals surface area contributed by atoms with Gasteiger partial charge in [-0.2, -0.15) is 0 Å². The van der Waals surface area contributed by atoms with E-state index in [0.29, 0.717) is 6.42 Å². The lowest BCUT2D eigenvalue weighted by atomic mass is 10.1. The Hall–Kier alpha value is -1.00. The number of amides is 1. The molecule has 0 unspecified atom stereocenters. The van der Waals surface area contributed by atoms with Crippen molar-refractivity contribution in [2.24, 2.45) is 0 Å². The second kappa shape index (κ2) is 9.85. The topological polar surface area (TPSA) is 40.5 Å². The van der Waals surface area contributed by atoms with Gasteiger partial charge in [0.05, 0.1) is 0 Å². The van der Waals surface area contributed by atoms with Crippen LogP contribution in [-0.4, -0.2) is 41.9 Å². The van der Waals surface area contributed by atoms with E-state index in [1.807, 2.05) is 7.05 Å². The fourth-order valence-electron chi connectivity index (χ4n) is 2.01. The monoisotopic (exact) mass is 309 g/mol. The number of nitrogens with zero attached hydrogens (tertiary/aromatic N) is 1. The van der Waals surface area contributed by atoms with Crippen LogP contribution in [0.2, 0.25) is 0 Å². The van der Waals surface area contributed by atoms with Gasteiger partial charge in [-0.15, -0.1) is 11.8 Å². The summed E-state index contributed by atoms with van der Waals surface area (Å²) < 4.78 is 0. The first-order chi connectivity index (χ1) is 10.0. The van der Waals surface area contributed by atoms with Crippen LogP contribution in [-0.2, 0) is 4.79 Å². The zero-order valence-electron chi connectivity index (χ0n) is 13.4. The average Bonchev–Trinajstić information content (AvgIpc) is 2.47. The summed E-state index contributed by atoms with van der Waals surface area (Å²) in [6.45, 7) is 5.25. The fraction of sp³-hybridized carbons (Fsp3) is 0.588. The van der Waals surface area contributed by atoms with E-state index in [1.54, 1.807) is 16.7 Å². The Kier molecular flexibility index (Phi) is 8.47. The third-order valence-corrected chi connectivity index (χ3v) is 4.64. The molecule has 118 valence electrons. The summed E-state index contributed by atoms with van der Waals surface area (Å²) in [5.74, 6) is 1.03. The minimum Gasteiger partial charge on any atom is -0.396 e. The second-order valence-electron chi connectivity index (χ2n) is 5.44. The summed E-state index contributed by atoms with van der Waals surface area (Å²) in [6.07, 6.45) is 3.34. The highest BCUT2D eigenvalue weighted by molar-refractivity contribution is 7.99. The highest BCUT2D eigenvalue weighted by atomic mass is 32.2. The van der Waals surface area contributed by atoms with E-state index in [1.165, 1.54) is 16.0 Å². The van der Waals surface area contributed by atoms with E-state index in [2.05, 4.69) is 32.0 Å². The molecule has 0 aliphatic rings. The summed E-state index contributed by atoms with van der Waals surface area (Å²) in [6, 6.07) is 6.44. The van der Waals surface area contributed by atoms with Crippen LogP contribution in [0, 0.1) is 13.8 Å². The maximum atomic E-state index is 12.0. The van der Waals surface area contributed by atoms with Crippen LogP contribution in [0.25, 0.3) is 0 Å². The van der Waals surface area contributed by atoms with Crippen molar-refractivity contribution in [1.82, 2.24) is 4.90 Å². The Morgan fingerprint density at radius 2 is 1.95 bits per heavy atom. The van der Waals surface area contributed by atoms with E-state index in [4.69, 9.17) is 5.11 Å². The molecule has 0 aromatic heterocycles. The Morgan fingerprint density at radius 1 is 1.19 bits per heavy atom. The van der Waals surface area contributed by atoms with Crippen LogP contribution in [0.1, 0.15) is 36.8 Å². The molecule has 0 aliphatic heterocycles. The van der Waals surface area contributed by atoms with E-state index in [-0.39, 0.29) is 12.5 Å². The van der Waals surface area contributed by atoms with Gasteiger partial charge in [-0.25, -0.2) is 0 Å². The summed E-state index contributed by atoms with van der Waals surface area (Å²) in [5, 5.41) is 8.72. The van der Waals surface area contributed by atoms with Gasteiger partial charge in [0.25, 0.3) is 0 Å². The van der Waals surface area contributed by atoms with Crippen LogP contribution in [0.5, 0.6) is 0 Å². The molecule has 1 aromatic rings. The van der Waals surface area contributed by atoms with Crippen LogP contribution >= 0.6 is 11.8 Å². The molecule has 0 radical (unpaired) electrons. The first kappa shape index (κ1) is 18.1. The summed E-state index contributed by atoms with van der Waals surface area (Å²) in [7, 11) is 1.86. The SMILES string of the molecule is Cc1ccc(SCCC(=O)N(C)CCCCCO)cc1C. The van der Waals surface area contributed by atoms with Gasteiger partial charge in [0, 0.05) is 37.3 Å². The minimum absolute atomic E-state index is 0.204. The van der Waals surface area contributed by atoms with Gasteiger partial charge < -0.3 is 10.0 Å². The molecule has 1 aromatic carbocycles. The van der Waals surface area contributed by atoms with Crippen LogP contribution in [0.15, 0.2) is 23.1 Å². The number of unbranched alkanes of at least 4 members (excludes halogenated alkanes) is 2. The quantitative estimate of drug-likeness (QED) is 0.561. The molecule has 21 heavy (non-hydrogen) atoms. The summed E-state index contributed by atoms with van der Waals surface area (Å²) in [5.41, 5.74) is 2.60. The van der Waals surface area contributed by atoms with E-state index >= 15 is 0 Å². The number of carbonyl (C=O) groups excluding carboxylic acids is 1. The lowest BCUT2D eigenvalue weighted by Gasteiger charge is -2.16. The number of benzene rings is 1. The van der Waals surface area contributed by atoms with E-state index < -0.39 is 0 Å². The standard InChI is InChI=1S/C17H27NO2S/c1-14-7-8-16(13-15(14)2)21-12-9-17(20)18(3)10-5-4-6-11-19/h7-8,13,19H,4-6,9-12H2,1-3H3. The second-order valence-corrected chi connectivity index (χ2v) is 6.61. The van der Waals surface area contributed by atoms with Crippen molar-refractivity contribution in [2.75, 3.05) is 26.0 Å². The Morgan fingerprint density at radius 3 is 2.62 bits per heavy atom. The molecule has 0 heterocycles. The van der Waals surface area contributed by atoms with Crippen molar-refractivity contribution in [3.05, 3.63) is 29.3 Å².